The summed E-state index contributed by atoms with van der Waals surface area (Å²) in [7, 11) is 3.19. The van der Waals surface area contributed by atoms with Crippen molar-refractivity contribution >= 4 is 5.78 Å². The van der Waals surface area contributed by atoms with Crippen LogP contribution < -0.4 is 10.1 Å². The third-order valence-electron chi connectivity index (χ3n) is 1.90. The molecule has 1 heterocycles. The quantitative estimate of drug-likeness (QED) is 0.414. The summed E-state index contributed by atoms with van der Waals surface area (Å²) in [4.78, 5) is 11.7. The molecular formula is C10H13N3O2. The van der Waals surface area contributed by atoms with E-state index < -0.39 is 0 Å². The number of terminal acetylenes is 1. The summed E-state index contributed by atoms with van der Waals surface area (Å²) in [6.45, 7) is 0.548. The molecule has 1 aromatic heterocycles. The van der Waals surface area contributed by atoms with Crippen LogP contribution in [0.5, 0.6) is 5.75 Å². The van der Waals surface area contributed by atoms with E-state index >= 15 is 0 Å². The van der Waals surface area contributed by atoms with Crippen molar-refractivity contribution in [1.29, 1.82) is 0 Å². The van der Waals surface area contributed by atoms with Gasteiger partial charge in [-0.1, -0.05) is 5.92 Å². The second-order valence-electron chi connectivity index (χ2n) is 2.92. The molecule has 0 aliphatic heterocycles. The number of nitrogens with one attached hydrogen (secondary N) is 1. The fourth-order valence-corrected chi connectivity index (χ4v) is 1.22. The van der Waals surface area contributed by atoms with Gasteiger partial charge in [0.15, 0.2) is 11.5 Å². The third kappa shape index (κ3) is 2.58. The highest BCUT2D eigenvalue weighted by Gasteiger charge is 2.16. The first-order valence-electron chi connectivity index (χ1n) is 4.44. The Hall–Kier alpha value is -1.80. The van der Waals surface area contributed by atoms with Crippen LogP contribution in [0.1, 0.15) is 10.5 Å². The van der Waals surface area contributed by atoms with Crippen molar-refractivity contribution in [2.45, 2.75) is 0 Å². The number of nitrogens with zero attached hydrogens (tertiary/aromatic N) is 2. The van der Waals surface area contributed by atoms with Gasteiger partial charge in [-0.3, -0.25) is 14.8 Å². The summed E-state index contributed by atoms with van der Waals surface area (Å²) in [6.07, 6.45) is 6.56. The van der Waals surface area contributed by atoms with Gasteiger partial charge in [0.25, 0.3) is 0 Å². The van der Waals surface area contributed by atoms with Crippen LogP contribution in [0.3, 0.4) is 0 Å². The molecule has 0 saturated heterocycles. The van der Waals surface area contributed by atoms with Crippen LogP contribution in [0.25, 0.3) is 0 Å². The lowest BCUT2D eigenvalue weighted by atomic mass is 10.2. The van der Waals surface area contributed by atoms with Crippen molar-refractivity contribution in [3.63, 3.8) is 0 Å². The molecule has 5 heteroatoms. The molecule has 0 fully saturated rings. The fraction of sp³-hybridized carbons (Fsp3) is 0.400. The molecule has 1 N–H and O–H groups in total. The molecule has 1 aromatic rings. The first-order valence-corrected chi connectivity index (χ1v) is 4.44. The summed E-state index contributed by atoms with van der Waals surface area (Å²) in [6, 6.07) is 0. The Morgan fingerprint density at radius 3 is 3.13 bits per heavy atom. The van der Waals surface area contributed by atoms with Crippen LogP contribution in [-0.4, -0.2) is 35.8 Å². The Morgan fingerprint density at radius 1 is 1.80 bits per heavy atom. The van der Waals surface area contributed by atoms with Gasteiger partial charge in [-0.05, 0) is 0 Å². The largest absolute Gasteiger partial charge is 0.493 e. The number of methoxy groups -OCH3 is 1. The minimum Gasteiger partial charge on any atom is -0.493 e. The lowest BCUT2D eigenvalue weighted by molar-refractivity contribution is 0.0980. The van der Waals surface area contributed by atoms with Crippen LogP contribution in [0.4, 0.5) is 0 Å². The average molecular weight is 207 g/mol. The number of aromatic nitrogens is 2. The highest BCUT2D eigenvalue weighted by atomic mass is 16.5. The fourth-order valence-electron chi connectivity index (χ4n) is 1.22. The molecule has 80 valence electrons. The predicted octanol–water partition coefficient (Wildman–Crippen LogP) is -0.166. The first kappa shape index (κ1) is 11.3. The van der Waals surface area contributed by atoms with E-state index in [9.17, 15) is 4.79 Å². The molecule has 0 aliphatic carbocycles. The molecular weight excluding hydrogens is 194 g/mol. The van der Waals surface area contributed by atoms with E-state index in [1.807, 2.05) is 0 Å². The number of ether oxygens (including phenoxy) is 1. The smallest absolute Gasteiger partial charge is 0.198 e. The van der Waals surface area contributed by atoms with E-state index in [1.54, 1.807) is 7.05 Å². The highest BCUT2D eigenvalue weighted by molar-refractivity contribution is 5.98. The van der Waals surface area contributed by atoms with Crippen LogP contribution in [0.2, 0.25) is 0 Å². The zero-order valence-electron chi connectivity index (χ0n) is 8.78. The van der Waals surface area contributed by atoms with Gasteiger partial charge in [0, 0.05) is 7.05 Å². The molecule has 1 rings (SSSR count). The Labute approximate surface area is 88.4 Å². The van der Waals surface area contributed by atoms with E-state index in [0.29, 0.717) is 18.0 Å². The average Bonchev–Trinajstić information content (AvgIpc) is 2.59. The number of hydrogen-bond acceptors (Lipinski definition) is 4. The number of aryl methyl sites for hydroxylation is 1. The molecule has 15 heavy (non-hydrogen) atoms. The summed E-state index contributed by atoms with van der Waals surface area (Å²) in [5.41, 5.74) is 0.446. The Kier molecular flexibility index (Phi) is 3.89. The predicted molar refractivity (Wildman–Crippen MR) is 55.8 cm³/mol. The number of Topliss-reactive ketones (excluding diaryl/α,β-unsaturated/α-hetero) is 1. The van der Waals surface area contributed by atoms with Gasteiger partial charge in [0.1, 0.15) is 5.69 Å². The molecule has 0 atom stereocenters. The number of rotatable bonds is 5. The molecule has 0 radical (unpaired) electrons. The molecule has 0 aliphatic rings. The van der Waals surface area contributed by atoms with Crippen LogP contribution >= 0.6 is 0 Å². The van der Waals surface area contributed by atoms with E-state index in [4.69, 9.17) is 11.2 Å². The van der Waals surface area contributed by atoms with Crippen molar-refractivity contribution in [3.05, 3.63) is 11.9 Å². The minimum atomic E-state index is -0.0953. The summed E-state index contributed by atoms with van der Waals surface area (Å²) >= 11 is 0. The van der Waals surface area contributed by atoms with Crippen molar-refractivity contribution < 1.29 is 9.53 Å². The summed E-state index contributed by atoms with van der Waals surface area (Å²) in [5, 5.41) is 6.76. The second-order valence-corrected chi connectivity index (χ2v) is 2.92. The number of ketones is 1. The summed E-state index contributed by atoms with van der Waals surface area (Å²) in [5.74, 6) is 2.78. The standard InChI is InChI=1S/C10H13N3O2/c1-4-5-11-6-8(14)10-9(15-3)7-12-13(10)2/h1,7,11H,5-6H2,2-3H3. The number of hydrogen-bond donors (Lipinski definition) is 1. The number of carbonyl (C=O) groups is 1. The lowest BCUT2D eigenvalue weighted by Crippen LogP contribution is -2.25. The molecule has 5 nitrogen and oxygen atoms in total. The lowest BCUT2D eigenvalue weighted by Gasteiger charge is -2.04. The Bertz CT molecular complexity index is 390. The zero-order valence-corrected chi connectivity index (χ0v) is 8.78. The van der Waals surface area contributed by atoms with Crippen molar-refractivity contribution in [1.82, 2.24) is 15.1 Å². The molecule has 0 unspecified atom stereocenters. The third-order valence-corrected chi connectivity index (χ3v) is 1.90. The molecule has 0 saturated carbocycles. The van der Waals surface area contributed by atoms with Gasteiger partial charge in [0.2, 0.25) is 0 Å². The summed E-state index contributed by atoms with van der Waals surface area (Å²) < 4.78 is 6.51. The molecule has 0 spiro atoms. The Morgan fingerprint density at radius 2 is 2.53 bits per heavy atom. The number of carbonyl (C=O) groups excluding carboxylic acids is 1. The van der Waals surface area contributed by atoms with E-state index in [1.165, 1.54) is 18.0 Å². The van der Waals surface area contributed by atoms with E-state index in [0.717, 1.165) is 0 Å². The van der Waals surface area contributed by atoms with E-state index in [-0.39, 0.29) is 12.3 Å². The van der Waals surface area contributed by atoms with Gasteiger partial charge in [-0.25, -0.2) is 0 Å². The van der Waals surface area contributed by atoms with Crippen LogP contribution in [0.15, 0.2) is 6.20 Å². The normalized spacial score (nSPS) is 9.67. The molecule has 0 amide bonds. The maximum absolute atomic E-state index is 11.7. The second kappa shape index (κ2) is 5.17. The maximum atomic E-state index is 11.7. The van der Waals surface area contributed by atoms with Crippen molar-refractivity contribution in [2.24, 2.45) is 7.05 Å². The zero-order chi connectivity index (χ0) is 11.3. The molecule has 0 aromatic carbocycles. The minimum absolute atomic E-state index is 0.0953. The van der Waals surface area contributed by atoms with Gasteiger partial charge >= 0.3 is 0 Å². The van der Waals surface area contributed by atoms with Crippen LogP contribution in [-0.2, 0) is 7.05 Å². The topological polar surface area (TPSA) is 56.1 Å². The van der Waals surface area contributed by atoms with Gasteiger partial charge in [0.05, 0.1) is 26.4 Å². The molecule has 0 bridgehead atoms. The van der Waals surface area contributed by atoms with E-state index in [2.05, 4.69) is 16.3 Å². The monoisotopic (exact) mass is 207 g/mol. The van der Waals surface area contributed by atoms with Crippen molar-refractivity contribution in [3.8, 4) is 18.1 Å². The van der Waals surface area contributed by atoms with Gasteiger partial charge in [-0.2, -0.15) is 5.10 Å². The van der Waals surface area contributed by atoms with Crippen LogP contribution in [0, 0.1) is 12.3 Å². The SMILES string of the molecule is C#CCNCC(=O)c1c(OC)cnn1C. The van der Waals surface area contributed by atoms with Crippen molar-refractivity contribution in [2.75, 3.05) is 20.2 Å². The first-order chi connectivity index (χ1) is 7.20. The maximum Gasteiger partial charge on any atom is 0.198 e. The van der Waals surface area contributed by atoms with Gasteiger partial charge < -0.3 is 4.74 Å². The van der Waals surface area contributed by atoms with Gasteiger partial charge in [-0.15, -0.1) is 6.42 Å². The Balaban J connectivity index is 2.73. The highest BCUT2D eigenvalue weighted by Crippen LogP contribution is 2.16.